The molecule has 0 bridgehead atoms. The first-order valence-corrected chi connectivity index (χ1v) is 6.37. The van der Waals surface area contributed by atoms with Crippen molar-refractivity contribution < 1.29 is 18.8 Å². The second-order valence-corrected chi connectivity index (χ2v) is 4.77. The van der Waals surface area contributed by atoms with Crippen LogP contribution in [0.1, 0.15) is 5.76 Å². The van der Waals surface area contributed by atoms with E-state index in [2.05, 4.69) is 10.6 Å². The van der Waals surface area contributed by atoms with E-state index < -0.39 is 11.9 Å². The first-order valence-electron chi connectivity index (χ1n) is 6.37. The molecule has 2 N–H and O–H groups in total. The smallest absolute Gasteiger partial charge is 0.321 e. The third kappa shape index (κ3) is 6.57. The van der Waals surface area contributed by atoms with Gasteiger partial charge in [0.1, 0.15) is 5.76 Å². The van der Waals surface area contributed by atoms with Gasteiger partial charge in [-0.2, -0.15) is 0 Å². The van der Waals surface area contributed by atoms with E-state index >= 15 is 0 Å². The zero-order chi connectivity index (χ0) is 15.8. The Balaban J connectivity index is 2.26. The SMILES string of the molecule is CN(CC(=O)NC(=O)NCc1ccco1)CC(=O)N(C)C. The van der Waals surface area contributed by atoms with Crippen LogP contribution >= 0.6 is 0 Å². The number of furan rings is 1. The number of nitrogens with zero attached hydrogens (tertiary/aromatic N) is 2. The summed E-state index contributed by atoms with van der Waals surface area (Å²) >= 11 is 0. The average Bonchev–Trinajstić information content (AvgIpc) is 2.88. The van der Waals surface area contributed by atoms with E-state index in [1.54, 1.807) is 33.3 Å². The molecule has 1 heterocycles. The molecular weight excluding hydrogens is 276 g/mol. The van der Waals surface area contributed by atoms with Crippen molar-refractivity contribution in [1.82, 2.24) is 20.4 Å². The highest BCUT2D eigenvalue weighted by molar-refractivity contribution is 5.95. The van der Waals surface area contributed by atoms with E-state index in [1.165, 1.54) is 16.1 Å². The number of likely N-dealkylation sites (N-methyl/N-ethyl adjacent to an activating group) is 2. The van der Waals surface area contributed by atoms with Gasteiger partial charge in [0.2, 0.25) is 11.8 Å². The Hall–Kier alpha value is -2.35. The van der Waals surface area contributed by atoms with Gasteiger partial charge in [0.15, 0.2) is 0 Å². The normalized spacial score (nSPS) is 10.3. The number of amides is 4. The van der Waals surface area contributed by atoms with Crippen molar-refractivity contribution in [2.45, 2.75) is 6.54 Å². The van der Waals surface area contributed by atoms with Crippen LogP contribution in [0.25, 0.3) is 0 Å². The number of hydrogen-bond donors (Lipinski definition) is 2. The van der Waals surface area contributed by atoms with Crippen molar-refractivity contribution in [3.05, 3.63) is 24.2 Å². The molecule has 0 aliphatic rings. The van der Waals surface area contributed by atoms with Gasteiger partial charge in [0.25, 0.3) is 0 Å². The molecule has 8 nitrogen and oxygen atoms in total. The predicted molar refractivity (Wildman–Crippen MR) is 75.3 cm³/mol. The van der Waals surface area contributed by atoms with Crippen LogP contribution in [0.3, 0.4) is 0 Å². The Labute approximate surface area is 123 Å². The van der Waals surface area contributed by atoms with Gasteiger partial charge < -0.3 is 14.6 Å². The number of imide groups is 1. The lowest BCUT2D eigenvalue weighted by molar-refractivity contribution is -0.130. The Morgan fingerprint density at radius 1 is 1.19 bits per heavy atom. The standard InChI is InChI=1S/C13H20N4O4/c1-16(2)12(19)9-17(3)8-11(18)15-13(20)14-7-10-5-4-6-21-10/h4-6H,7-9H2,1-3H3,(H2,14,15,18,20). The molecule has 8 heteroatoms. The van der Waals surface area contributed by atoms with Crippen LogP contribution in [0.5, 0.6) is 0 Å². The van der Waals surface area contributed by atoms with Gasteiger partial charge in [-0.15, -0.1) is 0 Å². The molecule has 1 aromatic heterocycles. The summed E-state index contributed by atoms with van der Waals surface area (Å²) in [4.78, 5) is 37.5. The molecule has 0 aromatic carbocycles. The lowest BCUT2D eigenvalue weighted by Crippen LogP contribution is -2.45. The number of nitrogens with one attached hydrogen (secondary N) is 2. The van der Waals surface area contributed by atoms with Crippen LogP contribution in [0.15, 0.2) is 22.8 Å². The Kier molecular flexibility index (Phi) is 6.41. The molecule has 21 heavy (non-hydrogen) atoms. The molecule has 1 aromatic rings. The minimum absolute atomic E-state index is 0.0479. The first-order chi connectivity index (χ1) is 9.88. The fourth-order valence-electron chi connectivity index (χ4n) is 1.46. The Morgan fingerprint density at radius 3 is 2.48 bits per heavy atom. The molecule has 0 aliphatic carbocycles. The minimum Gasteiger partial charge on any atom is -0.467 e. The Bertz CT molecular complexity index is 484. The van der Waals surface area contributed by atoms with Gasteiger partial charge in [-0.1, -0.05) is 0 Å². The number of hydrogen-bond acceptors (Lipinski definition) is 5. The predicted octanol–water partition coefficient (Wildman–Crippen LogP) is -0.375. The highest BCUT2D eigenvalue weighted by atomic mass is 16.3. The lowest BCUT2D eigenvalue weighted by Gasteiger charge is -2.18. The van der Waals surface area contributed by atoms with Gasteiger partial charge in [0.05, 0.1) is 25.9 Å². The molecular formula is C13H20N4O4. The second-order valence-electron chi connectivity index (χ2n) is 4.77. The van der Waals surface area contributed by atoms with Crippen molar-refractivity contribution in [3.63, 3.8) is 0 Å². The van der Waals surface area contributed by atoms with Crippen LogP contribution < -0.4 is 10.6 Å². The third-order valence-corrected chi connectivity index (χ3v) is 2.57. The van der Waals surface area contributed by atoms with Crippen LogP contribution in [0.2, 0.25) is 0 Å². The van der Waals surface area contributed by atoms with Crippen LogP contribution in [-0.2, 0) is 16.1 Å². The van der Waals surface area contributed by atoms with E-state index in [4.69, 9.17) is 4.42 Å². The zero-order valence-electron chi connectivity index (χ0n) is 12.4. The topological polar surface area (TPSA) is 94.9 Å². The van der Waals surface area contributed by atoms with Crippen LogP contribution in [0, 0.1) is 0 Å². The summed E-state index contributed by atoms with van der Waals surface area (Å²) in [6, 6.07) is 2.81. The molecule has 0 fully saturated rings. The molecule has 0 unspecified atom stereocenters. The molecule has 0 atom stereocenters. The summed E-state index contributed by atoms with van der Waals surface area (Å²) in [6.45, 7) is 0.253. The Morgan fingerprint density at radius 2 is 1.90 bits per heavy atom. The summed E-state index contributed by atoms with van der Waals surface area (Å²) in [5.41, 5.74) is 0. The maximum atomic E-state index is 11.6. The first kappa shape index (κ1) is 16.7. The largest absolute Gasteiger partial charge is 0.467 e. The molecule has 4 amide bonds. The number of carbonyl (C=O) groups excluding carboxylic acids is 3. The summed E-state index contributed by atoms with van der Waals surface area (Å²) in [6.07, 6.45) is 1.50. The highest BCUT2D eigenvalue weighted by Gasteiger charge is 2.13. The van der Waals surface area contributed by atoms with Gasteiger partial charge in [-0.25, -0.2) is 4.79 Å². The summed E-state index contributed by atoms with van der Waals surface area (Å²) in [5.74, 6) is -0.0140. The maximum absolute atomic E-state index is 11.6. The van der Waals surface area contributed by atoms with Crippen molar-refractivity contribution in [2.75, 3.05) is 34.2 Å². The van der Waals surface area contributed by atoms with Gasteiger partial charge in [-0.05, 0) is 19.2 Å². The van der Waals surface area contributed by atoms with Crippen molar-refractivity contribution in [2.24, 2.45) is 0 Å². The fourth-order valence-corrected chi connectivity index (χ4v) is 1.46. The van der Waals surface area contributed by atoms with Gasteiger partial charge in [-0.3, -0.25) is 19.8 Å². The average molecular weight is 296 g/mol. The van der Waals surface area contributed by atoms with E-state index in [0.29, 0.717) is 5.76 Å². The van der Waals surface area contributed by atoms with E-state index in [1.807, 2.05) is 0 Å². The molecule has 116 valence electrons. The molecule has 0 radical (unpaired) electrons. The zero-order valence-corrected chi connectivity index (χ0v) is 12.4. The maximum Gasteiger partial charge on any atom is 0.321 e. The summed E-state index contributed by atoms with van der Waals surface area (Å²) < 4.78 is 5.04. The van der Waals surface area contributed by atoms with Crippen molar-refractivity contribution >= 4 is 17.8 Å². The molecule has 0 saturated carbocycles. The monoisotopic (exact) mass is 296 g/mol. The third-order valence-electron chi connectivity index (χ3n) is 2.57. The van der Waals surface area contributed by atoms with Crippen molar-refractivity contribution in [3.8, 4) is 0 Å². The van der Waals surface area contributed by atoms with Gasteiger partial charge in [0, 0.05) is 14.1 Å². The minimum atomic E-state index is -0.608. The molecule has 0 aliphatic heterocycles. The lowest BCUT2D eigenvalue weighted by atomic mass is 10.4. The summed E-state index contributed by atoms with van der Waals surface area (Å²) in [5, 5.41) is 4.67. The fraction of sp³-hybridized carbons (Fsp3) is 0.462. The van der Waals surface area contributed by atoms with Crippen LogP contribution in [-0.4, -0.2) is 61.9 Å². The van der Waals surface area contributed by atoms with Crippen molar-refractivity contribution in [1.29, 1.82) is 0 Å². The van der Waals surface area contributed by atoms with E-state index in [-0.39, 0.29) is 25.5 Å². The number of carbonyl (C=O) groups is 3. The van der Waals surface area contributed by atoms with Crippen LogP contribution in [0.4, 0.5) is 4.79 Å². The quantitative estimate of drug-likeness (QED) is 0.746. The number of urea groups is 1. The van der Waals surface area contributed by atoms with Gasteiger partial charge >= 0.3 is 6.03 Å². The molecule has 1 rings (SSSR count). The highest BCUT2D eigenvalue weighted by Crippen LogP contribution is 1.98. The molecule has 0 spiro atoms. The molecule has 0 saturated heterocycles. The summed E-state index contributed by atoms with van der Waals surface area (Å²) in [7, 11) is 4.90. The van der Waals surface area contributed by atoms with E-state index in [0.717, 1.165) is 0 Å². The van der Waals surface area contributed by atoms with E-state index in [9.17, 15) is 14.4 Å². The number of rotatable bonds is 6. The second kappa shape index (κ2) is 8.05.